The Labute approximate surface area is 148 Å². The van der Waals surface area contributed by atoms with Crippen LogP contribution in [-0.2, 0) is 4.74 Å². The molecule has 0 radical (unpaired) electrons. The maximum atomic E-state index is 13.1. The summed E-state index contributed by atoms with van der Waals surface area (Å²) < 4.78 is 18.7. The largest absolute Gasteiger partial charge is 0.510 e. The Hall–Kier alpha value is -2.25. The Morgan fingerprint density at radius 3 is 2.88 bits per heavy atom. The fourth-order valence-corrected chi connectivity index (χ4v) is 4.09. The molecule has 1 aromatic carbocycles. The number of ether oxygens (including phenoxy) is 1. The van der Waals surface area contributed by atoms with Crippen LogP contribution in [0.25, 0.3) is 16.8 Å². The molecule has 1 fully saturated rings. The van der Waals surface area contributed by atoms with Crippen LogP contribution in [0.15, 0.2) is 35.4 Å². The molecule has 0 saturated carbocycles. The van der Waals surface area contributed by atoms with Crippen LogP contribution in [0.2, 0.25) is 0 Å². The SMILES string of the molecule is N=C1C(c2nc(-c3ccc(F)cc3)cs2)=C(O)CN1CC1CCCO1. The van der Waals surface area contributed by atoms with Crippen molar-refractivity contribution >= 4 is 22.7 Å². The lowest BCUT2D eigenvalue weighted by Crippen LogP contribution is -2.34. The minimum absolute atomic E-state index is 0.124. The van der Waals surface area contributed by atoms with Crippen LogP contribution in [0.3, 0.4) is 0 Å². The molecule has 1 aromatic heterocycles. The summed E-state index contributed by atoms with van der Waals surface area (Å²) in [4.78, 5) is 6.37. The van der Waals surface area contributed by atoms with Crippen LogP contribution in [0.1, 0.15) is 17.8 Å². The molecular formula is C18H18FN3O2S. The van der Waals surface area contributed by atoms with Gasteiger partial charge in [0, 0.05) is 24.1 Å². The molecule has 4 rings (SSSR count). The predicted octanol–water partition coefficient (Wildman–Crippen LogP) is 3.69. The molecule has 0 amide bonds. The molecule has 0 aliphatic carbocycles. The minimum atomic E-state index is -0.290. The molecule has 1 saturated heterocycles. The van der Waals surface area contributed by atoms with Gasteiger partial charge in [-0.1, -0.05) is 0 Å². The van der Waals surface area contributed by atoms with Gasteiger partial charge in [0.25, 0.3) is 0 Å². The van der Waals surface area contributed by atoms with Gasteiger partial charge in [-0.25, -0.2) is 9.37 Å². The zero-order chi connectivity index (χ0) is 17.4. The number of rotatable bonds is 4. The van der Waals surface area contributed by atoms with Gasteiger partial charge in [0.1, 0.15) is 22.4 Å². The van der Waals surface area contributed by atoms with Crippen LogP contribution in [-0.4, -0.2) is 46.6 Å². The summed E-state index contributed by atoms with van der Waals surface area (Å²) in [5.74, 6) is 0.165. The first kappa shape index (κ1) is 16.2. The molecule has 0 bridgehead atoms. The molecule has 130 valence electrons. The molecule has 25 heavy (non-hydrogen) atoms. The molecule has 2 N–H and O–H groups in total. The van der Waals surface area contributed by atoms with E-state index in [1.165, 1.54) is 23.5 Å². The highest BCUT2D eigenvalue weighted by molar-refractivity contribution is 7.11. The highest BCUT2D eigenvalue weighted by atomic mass is 32.1. The molecule has 7 heteroatoms. The summed E-state index contributed by atoms with van der Waals surface area (Å²) in [7, 11) is 0. The summed E-state index contributed by atoms with van der Waals surface area (Å²) in [6.45, 7) is 1.70. The van der Waals surface area contributed by atoms with Gasteiger partial charge in [0.05, 0.1) is 23.9 Å². The average Bonchev–Trinajstić information content (AvgIpc) is 3.31. The number of aliphatic hydroxyl groups excluding tert-OH is 1. The monoisotopic (exact) mass is 359 g/mol. The lowest BCUT2D eigenvalue weighted by Gasteiger charge is -2.21. The molecule has 2 aliphatic heterocycles. The predicted molar refractivity (Wildman–Crippen MR) is 95.3 cm³/mol. The lowest BCUT2D eigenvalue weighted by atomic mass is 10.2. The molecule has 0 spiro atoms. The smallest absolute Gasteiger partial charge is 0.135 e. The van der Waals surface area contributed by atoms with Gasteiger partial charge in [-0.3, -0.25) is 5.41 Å². The highest BCUT2D eigenvalue weighted by Gasteiger charge is 2.32. The molecule has 2 aromatic rings. The van der Waals surface area contributed by atoms with Gasteiger partial charge in [-0.2, -0.15) is 0 Å². The number of benzene rings is 1. The topological polar surface area (TPSA) is 69.4 Å². The van der Waals surface area contributed by atoms with Crippen molar-refractivity contribution in [3.8, 4) is 11.3 Å². The van der Waals surface area contributed by atoms with Crippen molar-refractivity contribution in [3.63, 3.8) is 0 Å². The number of aromatic nitrogens is 1. The number of aliphatic hydroxyl groups is 1. The maximum Gasteiger partial charge on any atom is 0.135 e. The zero-order valence-corrected chi connectivity index (χ0v) is 14.4. The quantitative estimate of drug-likeness (QED) is 0.873. The fourth-order valence-electron chi connectivity index (χ4n) is 3.19. The molecule has 5 nitrogen and oxygen atoms in total. The molecule has 2 aliphatic rings. The van der Waals surface area contributed by atoms with Crippen LogP contribution in [0.5, 0.6) is 0 Å². The van der Waals surface area contributed by atoms with Crippen LogP contribution >= 0.6 is 11.3 Å². The van der Waals surface area contributed by atoms with E-state index in [2.05, 4.69) is 4.98 Å². The van der Waals surface area contributed by atoms with Crippen LogP contribution < -0.4 is 0 Å². The Kier molecular flexibility index (Phi) is 4.27. The van der Waals surface area contributed by atoms with Crippen LogP contribution in [0.4, 0.5) is 4.39 Å². The van der Waals surface area contributed by atoms with E-state index in [0.717, 1.165) is 25.0 Å². The zero-order valence-electron chi connectivity index (χ0n) is 13.5. The van der Waals surface area contributed by atoms with Gasteiger partial charge < -0.3 is 14.7 Å². The maximum absolute atomic E-state index is 13.1. The van der Waals surface area contributed by atoms with Crippen molar-refractivity contribution in [1.29, 1.82) is 5.41 Å². The Morgan fingerprint density at radius 1 is 1.36 bits per heavy atom. The first-order valence-electron chi connectivity index (χ1n) is 8.21. The fraction of sp³-hybridized carbons (Fsp3) is 0.333. The van der Waals surface area contributed by atoms with Crippen molar-refractivity contribution in [3.05, 3.63) is 46.2 Å². The summed E-state index contributed by atoms with van der Waals surface area (Å²) in [5.41, 5.74) is 2.01. The molecule has 1 unspecified atom stereocenters. The van der Waals surface area contributed by atoms with Gasteiger partial charge in [0.15, 0.2) is 0 Å². The Morgan fingerprint density at radius 2 is 2.16 bits per heavy atom. The van der Waals surface area contributed by atoms with E-state index < -0.39 is 0 Å². The number of amidine groups is 1. The second-order valence-electron chi connectivity index (χ2n) is 6.23. The Balaban J connectivity index is 1.54. The molecular weight excluding hydrogens is 341 g/mol. The number of hydrogen-bond acceptors (Lipinski definition) is 5. The van der Waals surface area contributed by atoms with Crippen LogP contribution in [0, 0.1) is 11.2 Å². The molecule has 1 atom stereocenters. The second kappa shape index (κ2) is 6.57. The summed E-state index contributed by atoms with van der Waals surface area (Å²) in [5, 5.41) is 21.2. The average molecular weight is 359 g/mol. The van der Waals surface area contributed by atoms with Crippen molar-refractivity contribution in [2.45, 2.75) is 18.9 Å². The lowest BCUT2D eigenvalue weighted by molar-refractivity contribution is 0.0924. The van der Waals surface area contributed by atoms with Gasteiger partial charge in [-0.05, 0) is 37.1 Å². The van der Waals surface area contributed by atoms with Crippen molar-refractivity contribution in [2.24, 2.45) is 0 Å². The Bertz CT molecular complexity index is 825. The summed E-state index contributed by atoms with van der Waals surface area (Å²) in [6.07, 6.45) is 2.16. The van der Waals surface area contributed by atoms with Gasteiger partial charge in [0.2, 0.25) is 0 Å². The standard InChI is InChI=1S/C18H18FN3O2S/c19-12-5-3-11(4-6-12)14-10-25-18(21-14)16-15(23)9-22(17(16)20)8-13-2-1-7-24-13/h3-6,10,13,20,23H,1-2,7-9H2. The van der Waals surface area contributed by atoms with Gasteiger partial charge >= 0.3 is 0 Å². The normalized spacial score (nSPS) is 20.8. The van der Waals surface area contributed by atoms with Gasteiger partial charge in [-0.15, -0.1) is 11.3 Å². The van der Waals surface area contributed by atoms with E-state index in [-0.39, 0.29) is 23.5 Å². The van der Waals surface area contributed by atoms with E-state index in [1.54, 1.807) is 12.1 Å². The van der Waals surface area contributed by atoms with Crippen molar-refractivity contribution < 1.29 is 14.2 Å². The third-order valence-corrected chi connectivity index (χ3v) is 5.35. The number of hydrogen-bond donors (Lipinski definition) is 2. The van der Waals surface area contributed by atoms with E-state index in [9.17, 15) is 9.50 Å². The van der Waals surface area contributed by atoms with E-state index in [1.807, 2.05) is 10.3 Å². The first-order chi connectivity index (χ1) is 12.1. The summed E-state index contributed by atoms with van der Waals surface area (Å²) >= 11 is 1.38. The number of halogens is 1. The number of nitrogens with zero attached hydrogens (tertiary/aromatic N) is 2. The summed E-state index contributed by atoms with van der Waals surface area (Å²) in [6, 6.07) is 6.14. The third kappa shape index (κ3) is 3.17. The van der Waals surface area contributed by atoms with Crippen molar-refractivity contribution in [1.82, 2.24) is 9.88 Å². The third-order valence-electron chi connectivity index (χ3n) is 4.49. The minimum Gasteiger partial charge on any atom is -0.510 e. The van der Waals surface area contributed by atoms with E-state index >= 15 is 0 Å². The molecule has 3 heterocycles. The highest BCUT2D eigenvalue weighted by Crippen LogP contribution is 2.32. The number of thiazole rings is 1. The first-order valence-corrected chi connectivity index (χ1v) is 9.09. The number of nitrogens with one attached hydrogen (secondary N) is 1. The van der Waals surface area contributed by atoms with E-state index in [4.69, 9.17) is 10.1 Å². The van der Waals surface area contributed by atoms with Crippen molar-refractivity contribution in [2.75, 3.05) is 19.7 Å². The van der Waals surface area contributed by atoms with E-state index in [0.29, 0.717) is 29.4 Å². The second-order valence-corrected chi connectivity index (χ2v) is 7.09.